The summed E-state index contributed by atoms with van der Waals surface area (Å²) in [7, 11) is 3.15. The van der Waals surface area contributed by atoms with Crippen LogP contribution in [0.15, 0.2) is 18.5 Å². The molecule has 0 aliphatic carbocycles. The molecule has 0 bridgehead atoms. The molecular formula is C15H16ClN5O2. The summed E-state index contributed by atoms with van der Waals surface area (Å²) in [5, 5.41) is 8.00. The van der Waals surface area contributed by atoms with Gasteiger partial charge in [-0.25, -0.2) is 4.98 Å². The number of methoxy groups -OCH3 is 2. The average molecular weight is 334 g/mol. The first-order valence-corrected chi connectivity index (χ1v) is 7.28. The Balaban J connectivity index is 2.14. The zero-order valence-electron chi connectivity index (χ0n) is 13.2. The van der Waals surface area contributed by atoms with Gasteiger partial charge in [-0.15, -0.1) is 0 Å². The summed E-state index contributed by atoms with van der Waals surface area (Å²) in [6.45, 7) is 3.89. The number of hydrogen-bond acceptors (Lipinski definition) is 6. The minimum absolute atomic E-state index is 0.481. The van der Waals surface area contributed by atoms with E-state index in [0.717, 1.165) is 17.1 Å². The third-order valence-electron chi connectivity index (χ3n) is 3.63. The highest BCUT2D eigenvalue weighted by Crippen LogP contribution is 2.37. The van der Waals surface area contributed by atoms with Gasteiger partial charge in [0.25, 0.3) is 5.78 Å². The van der Waals surface area contributed by atoms with Crippen molar-refractivity contribution in [2.75, 3.05) is 19.5 Å². The zero-order valence-corrected chi connectivity index (χ0v) is 14.0. The van der Waals surface area contributed by atoms with Crippen LogP contribution in [0.1, 0.15) is 11.3 Å². The van der Waals surface area contributed by atoms with E-state index in [4.69, 9.17) is 21.1 Å². The molecule has 3 aromatic rings. The Hall–Kier alpha value is -2.54. The molecule has 120 valence electrons. The van der Waals surface area contributed by atoms with E-state index in [1.165, 1.54) is 6.33 Å². The summed E-state index contributed by atoms with van der Waals surface area (Å²) in [5.41, 5.74) is 2.52. The Morgan fingerprint density at radius 2 is 1.87 bits per heavy atom. The van der Waals surface area contributed by atoms with Crippen LogP contribution in [0.4, 0.5) is 11.5 Å². The Kier molecular flexibility index (Phi) is 3.96. The minimum atomic E-state index is 0.481. The van der Waals surface area contributed by atoms with Gasteiger partial charge in [-0.1, -0.05) is 11.6 Å². The topological polar surface area (TPSA) is 73.6 Å². The lowest BCUT2D eigenvalue weighted by Gasteiger charge is -2.16. The van der Waals surface area contributed by atoms with Crippen molar-refractivity contribution in [3.8, 4) is 11.5 Å². The molecule has 0 aliphatic heterocycles. The largest absolute Gasteiger partial charge is 0.495 e. The van der Waals surface area contributed by atoms with E-state index in [9.17, 15) is 0 Å². The first-order valence-electron chi connectivity index (χ1n) is 6.90. The molecule has 0 spiro atoms. The predicted octanol–water partition coefficient (Wildman–Crippen LogP) is 3.16. The van der Waals surface area contributed by atoms with Crippen molar-refractivity contribution in [3.05, 3.63) is 34.7 Å². The maximum absolute atomic E-state index is 6.23. The molecule has 1 N–H and O–H groups in total. The molecule has 0 radical (unpaired) electrons. The Bertz CT molecular complexity index is 878. The number of nitrogens with one attached hydrogen (secondary N) is 1. The monoisotopic (exact) mass is 333 g/mol. The molecule has 0 amide bonds. The highest BCUT2D eigenvalue weighted by molar-refractivity contribution is 6.32. The molecule has 2 heterocycles. The number of rotatable bonds is 4. The van der Waals surface area contributed by atoms with Gasteiger partial charge in [0.2, 0.25) is 0 Å². The third-order valence-corrected chi connectivity index (χ3v) is 3.93. The summed E-state index contributed by atoms with van der Waals surface area (Å²) in [4.78, 5) is 8.53. The van der Waals surface area contributed by atoms with Crippen molar-refractivity contribution in [1.82, 2.24) is 19.6 Å². The maximum atomic E-state index is 6.23. The van der Waals surface area contributed by atoms with Crippen LogP contribution >= 0.6 is 11.6 Å². The Labute approximate surface area is 138 Å². The number of halogens is 1. The second-order valence-corrected chi connectivity index (χ2v) is 5.36. The molecule has 2 aromatic heterocycles. The first kappa shape index (κ1) is 15.4. The Morgan fingerprint density at radius 1 is 1.13 bits per heavy atom. The van der Waals surface area contributed by atoms with Gasteiger partial charge in [0.05, 0.1) is 24.9 Å². The number of anilines is 2. The van der Waals surface area contributed by atoms with Crippen LogP contribution in [-0.2, 0) is 0 Å². The Morgan fingerprint density at radius 3 is 2.57 bits per heavy atom. The number of hydrogen-bond donors (Lipinski definition) is 1. The van der Waals surface area contributed by atoms with Gasteiger partial charge in [-0.3, -0.25) is 0 Å². The molecule has 0 aliphatic rings. The van der Waals surface area contributed by atoms with Crippen molar-refractivity contribution in [2.45, 2.75) is 13.8 Å². The van der Waals surface area contributed by atoms with Gasteiger partial charge in [-0.05, 0) is 19.9 Å². The molecular weight excluding hydrogens is 318 g/mol. The number of benzene rings is 1. The van der Waals surface area contributed by atoms with Crippen LogP contribution in [0.5, 0.6) is 11.5 Å². The number of fused-ring (bicyclic) bond motifs is 1. The molecule has 0 saturated heterocycles. The van der Waals surface area contributed by atoms with Crippen molar-refractivity contribution in [3.63, 3.8) is 0 Å². The van der Waals surface area contributed by atoms with Crippen LogP contribution in [0.3, 0.4) is 0 Å². The van der Waals surface area contributed by atoms with Gasteiger partial charge < -0.3 is 14.8 Å². The molecule has 0 unspecified atom stereocenters. The number of nitrogens with zero attached hydrogens (tertiary/aromatic N) is 4. The predicted molar refractivity (Wildman–Crippen MR) is 88.1 cm³/mol. The summed E-state index contributed by atoms with van der Waals surface area (Å²) in [6.07, 6.45) is 1.46. The smallest absolute Gasteiger partial charge is 0.254 e. The average Bonchev–Trinajstić information content (AvgIpc) is 2.99. The number of aryl methyl sites for hydroxylation is 1. The second-order valence-electron chi connectivity index (χ2n) is 4.95. The van der Waals surface area contributed by atoms with E-state index in [-0.39, 0.29) is 0 Å². The summed E-state index contributed by atoms with van der Waals surface area (Å²) in [5.74, 6) is 2.43. The lowest BCUT2D eigenvalue weighted by atomic mass is 10.2. The highest BCUT2D eigenvalue weighted by Gasteiger charge is 2.15. The van der Waals surface area contributed by atoms with E-state index >= 15 is 0 Å². The van der Waals surface area contributed by atoms with Crippen LogP contribution in [-0.4, -0.2) is 33.8 Å². The van der Waals surface area contributed by atoms with Gasteiger partial charge in [0.15, 0.2) is 0 Å². The molecule has 3 rings (SSSR count). The van der Waals surface area contributed by atoms with Crippen LogP contribution in [0, 0.1) is 13.8 Å². The quantitative estimate of drug-likeness (QED) is 0.790. The fourth-order valence-electron chi connectivity index (χ4n) is 2.27. The van der Waals surface area contributed by atoms with Crippen molar-refractivity contribution in [2.24, 2.45) is 0 Å². The van der Waals surface area contributed by atoms with Crippen molar-refractivity contribution < 1.29 is 9.47 Å². The summed E-state index contributed by atoms with van der Waals surface area (Å²) >= 11 is 6.23. The summed E-state index contributed by atoms with van der Waals surface area (Å²) in [6, 6.07) is 3.48. The number of ether oxygens (including phenoxy) is 2. The zero-order chi connectivity index (χ0) is 16.6. The fraction of sp³-hybridized carbons (Fsp3) is 0.267. The van der Waals surface area contributed by atoms with Gasteiger partial charge >= 0.3 is 0 Å². The van der Waals surface area contributed by atoms with Gasteiger partial charge in [-0.2, -0.15) is 14.6 Å². The molecule has 0 saturated carbocycles. The highest BCUT2D eigenvalue weighted by atomic mass is 35.5. The number of aromatic nitrogens is 4. The van der Waals surface area contributed by atoms with E-state index in [1.54, 1.807) is 30.9 Å². The maximum Gasteiger partial charge on any atom is 0.254 e. The molecule has 0 fully saturated rings. The van der Waals surface area contributed by atoms with E-state index in [0.29, 0.717) is 28.0 Å². The minimum Gasteiger partial charge on any atom is -0.495 e. The van der Waals surface area contributed by atoms with E-state index in [2.05, 4.69) is 20.4 Å². The van der Waals surface area contributed by atoms with Crippen LogP contribution < -0.4 is 14.8 Å². The summed E-state index contributed by atoms with van der Waals surface area (Å²) < 4.78 is 12.3. The van der Waals surface area contributed by atoms with Gasteiger partial charge in [0, 0.05) is 17.3 Å². The molecule has 1 aromatic carbocycles. The lowest BCUT2D eigenvalue weighted by Crippen LogP contribution is -2.07. The standard InChI is InChI=1S/C15H16ClN5O2/c1-8-9(2)19-15-17-7-18-21(15)14(8)20-11-5-10(16)12(22-3)6-13(11)23-4/h5-7,20H,1-4H3. The third kappa shape index (κ3) is 2.63. The van der Waals surface area contributed by atoms with E-state index in [1.807, 2.05) is 13.8 Å². The molecule has 0 atom stereocenters. The first-order chi connectivity index (χ1) is 11.0. The van der Waals surface area contributed by atoms with E-state index < -0.39 is 0 Å². The molecule has 23 heavy (non-hydrogen) atoms. The van der Waals surface area contributed by atoms with Crippen LogP contribution in [0.25, 0.3) is 5.78 Å². The second kappa shape index (κ2) is 5.92. The normalized spacial score (nSPS) is 10.8. The molecule has 8 heteroatoms. The van der Waals surface area contributed by atoms with Crippen molar-refractivity contribution in [1.29, 1.82) is 0 Å². The molecule has 7 nitrogen and oxygen atoms in total. The lowest BCUT2D eigenvalue weighted by molar-refractivity contribution is 0.396. The van der Waals surface area contributed by atoms with Crippen molar-refractivity contribution >= 4 is 28.9 Å². The van der Waals surface area contributed by atoms with Crippen LogP contribution in [0.2, 0.25) is 5.02 Å². The SMILES string of the molecule is COc1cc(OC)c(Nc2c(C)c(C)nc3ncnn23)cc1Cl. The fourth-order valence-corrected chi connectivity index (χ4v) is 2.51. The van der Waals surface area contributed by atoms with Gasteiger partial charge in [0.1, 0.15) is 23.6 Å².